The van der Waals surface area contributed by atoms with Gasteiger partial charge in [-0.05, 0) is 23.8 Å². The Morgan fingerprint density at radius 3 is 2.61 bits per heavy atom. The molecule has 2 aromatic carbocycles. The number of benzene rings is 2. The van der Waals surface area contributed by atoms with Crippen LogP contribution in [0.4, 0.5) is 10.8 Å². The van der Waals surface area contributed by atoms with E-state index in [1.807, 2.05) is 23.6 Å². The van der Waals surface area contributed by atoms with E-state index in [0.717, 1.165) is 21.4 Å². The predicted molar refractivity (Wildman–Crippen MR) is 130 cm³/mol. The molecule has 0 atom stereocenters. The van der Waals surface area contributed by atoms with Crippen molar-refractivity contribution < 1.29 is 19.2 Å². The third-order valence-corrected chi connectivity index (χ3v) is 7.55. The second kappa shape index (κ2) is 10.1. The first-order valence-electron chi connectivity index (χ1n) is 9.57. The number of thioether (sulfide) groups is 1. The molecular formula is C21H18N4O5S3. The van der Waals surface area contributed by atoms with E-state index in [-0.39, 0.29) is 18.0 Å². The first kappa shape index (κ1) is 23.0. The number of rotatable bonds is 9. The zero-order chi connectivity index (χ0) is 23.4. The maximum absolute atomic E-state index is 12.4. The monoisotopic (exact) mass is 502 g/mol. The van der Waals surface area contributed by atoms with Gasteiger partial charge in [0.05, 0.1) is 41.5 Å². The SMILES string of the molecule is COc1cc(CSc2nc(CC(=O)Nc3nc4ccc([N+](=O)[O-])cc4s3)cs2)cc(OC)c1. The largest absolute Gasteiger partial charge is 0.497 e. The Bertz CT molecular complexity index is 1300. The number of amides is 1. The summed E-state index contributed by atoms with van der Waals surface area (Å²) in [4.78, 5) is 31.7. The number of nitro groups is 1. The lowest BCUT2D eigenvalue weighted by Gasteiger charge is -2.07. The molecule has 4 rings (SSSR count). The number of hydrogen-bond acceptors (Lipinski definition) is 10. The smallest absolute Gasteiger partial charge is 0.270 e. The van der Waals surface area contributed by atoms with Gasteiger partial charge in [0, 0.05) is 29.3 Å². The van der Waals surface area contributed by atoms with Gasteiger partial charge < -0.3 is 14.8 Å². The first-order chi connectivity index (χ1) is 15.9. The summed E-state index contributed by atoms with van der Waals surface area (Å²) in [6.07, 6.45) is 0.111. The van der Waals surface area contributed by atoms with Gasteiger partial charge in [0.1, 0.15) is 15.8 Å². The van der Waals surface area contributed by atoms with E-state index in [1.54, 1.807) is 32.0 Å². The highest BCUT2D eigenvalue weighted by atomic mass is 32.2. The number of fused-ring (bicyclic) bond motifs is 1. The molecule has 170 valence electrons. The number of methoxy groups -OCH3 is 2. The number of aromatic nitrogens is 2. The average Bonchev–Trinajstić information content (AvgIpc) is 3.42. The number of ether oxygens (including phenoxy) is 2. The van der Waals surface area contributed by atoms with Crippen LogP contribution in [0, 0.1) is 10.1 Å². The first-order valence-corrected chi connectivity index (χ1v) is 12.3. The number of nitrogens with zero attached hydrogens (tertiary/aromatic N) is 3. The molecule has 9 nitrogen and oxygen atoms in total. The van der Waals surface area contributed by atoms with Crippen LogP contribution in [0.5, 0.6) is 11.5 Å². The van der Waals surface area contributed by atoms with Crippen molar-refractivity contribution in [2.24, 2.45) is 0 Å². The number of carbonyl (C=O) groups excluding carboxylic acids is 1. The molecule has 1 amide bonds. The Morgan fingerprint density at radius 2 is 1.91 bits per heavy atom. The fraction of sp³-hybridized carbons (Fsp3) is 0.190. The molecule has 12 heteroatoms. The Morgan fingerprint density at radius 1 is 1.15 bits per heavy atom. The lowest BCUT2D eigenvalue weighted by atomic mass is 10.2. The Hall–Kier alpha value is -3.22. The predicted octanol–water partition coefficient (Wildman–Crippen LogP) is 5.15. The van der Waals surface area contributed by atoms with Crippen LogP contribution in [0.25, 0.3) is 10.2 Å². The van der Waals surface area contributed by atoms with Crippen LogP contribution in [0.15, 0.2) is 46.1 Å². The lowest BCUT2D eigenvalue weighted by molar-refractivity contribution is -0.384. The molecule has 0 radical (unpaired) electrons. The van der Waals surface area contributed by atoms with Gasteiger partial charge in [-0.2, -0.15) is 0 Å². The molecule has 4 aromatic rings. The Labute approximate surface area is 200 Å². The second-order valence-electron chi connectivity index (χ2n) is 6.77. The van der Waals surface area contributed by atoms with Crippen molar-refractivity contribution in [3.8, 4) is 11.5 Å². The minimum Gasteiger partial charge on any atom is -0.497 e. The van der Waals surface area contributed by atoms with Crippen molar-refractivity contribution in [1.82, 2.24) is 9.97 Å². The summed E-state index contributed by atoms with van der Waals surface area (Å²) < 4.78 is 12.1. The van der Waals surface area contributed by atoms with Crippen molar-refractivity contribution >= 4 is 61.4 Å². The lowest BCUT2D eigenvalue weighted by Crippen LogP contribution is -2.14. The van der Waals surface area contributed by atoms with Gasteiger partial charge in [-0.25, -0.2) is 9.97 Å². The molecule has 0 saturated carbocycles. The van der Waals surface area contributed by atoms with Crippen LogP contribution in [-0.4, -0.2) is 35.0 Å². The van der Waals surface area contributed by atoms with Crippen LogP contribution >= 0.6 is 34.4 Å². The summed E-state index contributed by atoms with van der Waals surface area (Å²) in [6, 6.07) is 10.1. The molecule has 0 saturated heterocycles. The van der Waals surface area contributed by atoms with Crippen molar-refractivity contribution in [1.29, 1.82) is 0 Å². The van der Waals surface area contributed by atoms with Gasteiger partial charge >= 0.3 is 0 Å². The third-order valence-electron chi connectivity index (χ3n) is 4.48. The van der Waals surface area contributed by atoms with Crippen molar-refractivity contribution in [2.45, 2.75) is 16.5 Å². The molecule has 2 heterocycles. The molecule has 0 aliphatic carbocycles. The summed E-state index contributed by atoms with van der Waals surface area (Å²) in [6.45, 7) is 0. The highest BCUT2D eigenvalue weighted by Gasteiger charge is 2.14. The Kier molecular flexibility index (Phi) is 7.06. The number of hydrogen-bond donors (Lipinski definition) is 1. The molecule has 0 spiro atoms. The van der Waals surface area contributed by atoms with Crippen molar-refractivity contribution in [3.63, 3.8) is 0 Å². The zero-order valence-corrected chi connectivity index (χ0v) is 20.0. The van der Waals surface area contributed by atoms with Crippen LogP contribution in [-0.2, 0) is 17.0 Å². The normalized spacial score (nSPS) is 10.8. The van der Waals surface area contributed by atoms with Gasteiger partial charge in [-0.3, -0.25) is 14.9 Å². The molecular weight excluding hydrogens is 484 g/mol. The van der Waals surface area contributed by atoms with Crippen molar-refractivity contribution in [3.05, 3.63) is 63.1 Å². The number of nitrogens with one attached hydrogen (secondary N) is 1. The van der Waals surface area contributed by atoms with E-state index in [4.69, 9.17) is 9.47 Å². The van der Waals surface area contributed by atoms with E-state index in [0.29, 0.717) is 26.8 Å². The minimum atomic E-state index is -0.458. The summed E-state index contributed by atoms with van der Waals surface area (Å²) in [7, 11) is 3.23. The van der Waals surface area contributed by atoms with Gasteiger partial charge in [-0.1, -0.05) is 23.1 Å². The summed E-state index contributed by atoms with van der Waals surface area (Å²) >= 11 is 4.24. The zero-order valence-electron chi connectivity index (χ0n) is 17.6. The van der Waals surface area contributed by atoms with Crippen molar-refractivity contribution in [2.75, 3.05) is 19.5 Å². The van der Waals surface area contributed by atoms with E-state index in [2.05, 4.69) is 15.3 Å². The molecule has 0 aliphatic rings. The van der Waals surface area contributed by atoms with Crippen LogP contribution < -0.4 is 14.8 Å². The maximum atomic E-state index is 12.4. The van der Waals surface area contributed by atoms with Crippen LogP contribution in [0.2, 0.25) is 0 Å². The average molecular weight is 503 g/mol. The standard InChI is InChI=1S/C21H18N4O5S3/c1-29-15-5-12(6-16(9-15)30-2)10-31-21-22-13(11-32-21)7-19(26)24-20-23-17-4-3-14(25(27)28)8-18(17)33-20/h3-6,8-9,11H,7,10H2,1-2H3,(H,23,24,26). The molecule has 0 fully saturated rings. The van der Waals surface area contributed by atoms with Gasteiger partial charge in [0.2, 0.25) is 5.91 Å². The number of nitro benzene ring substituents is 1. The number of thiazole rings is 2. The van der Waals surface area contributed by atoms with Gasteiger partial charge in [-0.15, -0.1) is 11.3 Å². The summed E-state index contributed by atoms with van der Waals surface area (Å²) in [5, 5.41) is 15.9. The molecule has 0 aliphatic heterocycles. The molecule has 33 heavy (non-hydrogen) atoms. The Balaban J connectivity index is 1.35. The van der Waals surface area contributed by atoms with Crippen LogP contribution in [0.1, 0.15) is 11.3 Å². The summed E-state index contributed by atoms with van der Waals surface area (Å²) in [5.74, 6) is 1.89. The van der Waals surface area contributed by atoms with Gasteiger partial charge in [0.15, 0.2) is 5.13 Å². The van der Waals surface area contributed by atoms with Gasteiger partial charge in [0.25, 0.3) is 5.69 Å². The molecule has 0 bridgehead atoms. The summed E-state index contributed by atoms with van der Waals surface area (Å²) in [5.41, 5.74) is 2.30. The highest BCUT2D eigenvalue weighted by molar-refractivity contribution is 8.00. The van der Waals surface area contributed by atoms with E-state index < -0.39 is 4.92 Å². The van der Waals surface area contributed by atoms with E-state index in [1.165, 1.54) is 34.8 Å². The number of anilines is 1. The molecule has 0 unspecified atom stereocenters. The number of carbonyl (C=O) groups is 1. The topological polar surface area (TPSA) is 116 Å². The quantitative estimate of drug-likeness (QED) is 0.190. The van der Waals surface area contributed by atoms with E-state index >= 15 is 0 Å². The van der Waals surface area contributed by atoms with E-state index in [9.17, 15) is 14.9 Å². The fourth-order valence-corrected chi connectivity index (χ4v) is 5.63. The fourth-order valence-electron chi connectivity index (χ4n) is 2.94. The minimum absolute atomic E-state index is 0.0103. The second-order valence-corrected chi connectivity index (χ2v) is 9.88. The molecule has 2 aromatic heterocycles. The van der Waals surface area contributed by atoms with Crippen LogP contribution in [0.3, 0.4) is 0 Å². The highest BCUT2D eigenvalue weighted by Crippen LogP contribution is 2.31. The number of non-ortho nitro benzene ring substituents is 1. The molecule has 1 N–H and O–H groups in total. The third kappa shape index (κ3) is 5.78. The maximum Gasteiger partial charge on any atom is 0.270 e.